The Balaban J connectivity index is 2.77. The summed E-state index contributed by atoms with van der Waals surface area (Å²) in [5.41, 5.74) is 2.42. The Morgan fingerprint density at radius 3 is 2.86 bits per heavy atom. The first-order chi connectivity index (χ1) is 6.63. The molecule has 0 radical (unpaired) electrons. The van der Waals surface area contributed by atoms with E-state index in [0.717, 1.165) is 17.1 Å². The fourth-order valence-corrected chi connectivity index (χ4v) is 1.02. The highest BCUT2D eigenvalue weighted by Crippen LogP contribution is 2.09. The number of aromatic nitrogens is 1. The van der Waals surface area contributed by atoms with Gasteiger partial charge >= 0.3 is 0 Å². The van der Waals surface area contributed by atoms with Crippen molar-refractivity contribution >= 4 is 5.82 Å². The molecule has 0 unspecified atom stereocenters. The van der Waals surface area contributed by atoms with Gasteiger partial charge in [-0.3, -0.25) is 0 Å². The summed E-state index contributed by atoms with van der Waals surface area (Å²) in [6, 6.07) is 5.65. The van der Waals surface area contributed by atoms with Crippen molar-refractivity contribution in [1.82, 2.24) is 4.98 Å². The first-order valence-corrected chi connectivity index (χ1v) is 4.39. The average molecular weight is 187 g/mol. The first-order valence-electron chi connectivity index (χ1n) is 4.39. The molecule has 0 saturated heterocycles. The molecule has 0 fully saturated rings. The molecule has 1 heterocycles. The van der Waals surface area contributed by atoms with Crippen molar-refractivity contribution < 1.29 is 0 Å². The smallest absolute Gasteiger partial charge is 0.126 e. The zero-order valence-corrected chi connectivity index (χ0v) is 8.46. The Morgan fingerprint density at radius 2 is 2.36 bits per heavy atom. The van der Waals surface area contributed by atoms with Crippen LogP contribution < -0.4 is 5.32 Å². The van der Waals surface area contributed by atoms with Crippen LogP contribution >= 0.6 is 0 Å². The topological polar surface area (TPSA) is 48.7 Å². The normalized spacial score (nSPS) is 9.21. The van der Waals surface area contributed by atoms with Crippen LogP contribution in [-0.2, 0) is 0 Å². The van der Waals surface area contributed by atoms with Gasteiger partial charge in [0.1, 0.15) is 11.9 Å². The second-order valence-electron chi connectivity index (χ2n) is 3.25. The van der Waals surface area contributed by atoms with Crippen molar-refractivity contribution in [3.05, 3.63) is 35.5 Å². The molecule has 0 bridgehead atoms. The van der Waals surface area contributed by atoms with Crippen molar-refractivity contribution in [3.63, 3.8) is 0 Å². The molecule has 0 amide bonds. The van der Waals surface area contributed by atoms with E-state index in [2.05, 4.69) is 22.9 Å². The van der Waals surface area contributed by atoms with E-state index in [9.17, 15) is 0 Å². The molecule has 0 atom stereocenters. The standard InChI is InChI=1S/C11H13N3/c1-8(2)7-13-11-5-4-10(6-12)9(3)14-11/h4-5H,1,7H2,2-3H3,(H,13,14). The third-order valence-electron chi connectivity index (χ3n) is 1.78. The van der Waals surface area contributed by atoms with Gasteiger partial charge in [-0.2, -0.15) is 5.26 Å². The third-order valence-corrected chi connectivity index (χ3v) is 1.78. The summed E-state index contributed by atoms with van der Waals surface area (Å²) in [6.07, 6.45) is 0. The maximum absolute atomic E-state index is 8.70. The monoisotopic (exact) mass is 187 g/mol. The molecular weight excluding hydrogens is 174 g/mol. The Kier molecular flexibility index (Phi) is 3.24. The van der Waals surface area contributed by atoms with E-state index in [-0.39, 0.29) is 0 Å². The lowest BCUT2D eigenvalue weighted by atomic mass is 10.2. The molecule has 0 aliphatic heterocycles. The van der Waals surface area contributed by atoms with Crippen molar-refractivity contribution in [2.75, 3.05) is 11.9 Å². The van der Waals surface area contributed by atoms with Crippen molar-refractivity contribution in [2.45, 2.75) is 13.8 Å². The van der Waals surface area contributed by atoms with Gasteiger partial charge in [0.2, 0.25) is 0 Å². The van der Waals surface area contributed by atoms with E-state index in [1.807, 2.05) is 13.8 Å². The highest BCUT2D eigenvalue weighted by atomic mass is 15.0. The predicted octanol–water partition coefficient (Wildman–Crippen LogP) is 2.25. The number of aryl methyl sites for hydroxylation is 1. The molecule has 14 heavy (non-hydrogen) atoms. The molecule has 1 N–H and O–H groups in total. The van der Waals surface area contributed by atoms with Crippen LogP contribution in [0.4, 0.5) is 5.82 Å². The van der Waals surface area contributed by atoms with E-state index < -0.39 is 0 Å². The maximum atomic E-state index is 8.70. The first kappa shape index (κ1) is 10.3. The number of hydrogen-bond donors (Lipinski definition) is 1. The van der Waals surface area contributed by atoms with Crippen molar-refractivity contribution in [2.24, 2.45) is 0 Å². The molecule has 3 heteroatoms. The summed E-state index contributed by atoms with van der Waals surface area (Å²) in [5.74, 6) is 0.782. The average Bonchev–Trinajstić information content (AvgIpc) is 2.15. The van der Waals surface area contributed by atoms with Gasteiger partial charge in [0, 0.05) is 6.54 Å². The lowest BCUT2D eigenvalue weighted by Crippen LogP contribution is -2.04. The van der Waals surface area contributed by atoms with Crippen LogP contribution in [0.3, 0.4) is 0 Å². The Labute approximate surface area is 84.1 Å². The molecule has 72 valence electrons. The minimum atomic E-state index is 0.617. The molecule has 0 spiro atoms. The summed E-state index contributed by atoms with van der Waals surface area (Å²) in [7, 11) is 0. The van der Waals surface area contributed by atoms with Gasteiger partial charge < -0.3 is 5.32 Å². The number of rotatable bonds is 3. The van der Waals surface area contributed by atoms with E-state index in [4.69, 9.17) is 5.26 Å². The maximum Gasteiger partial charge on any atom is 0.126 e. The van der Waals surface area contributed by atoms with Crippen LogP contribution in [-0.4, -0.2) is 11.5 Å². The largest absolute Gasteiger partial charge is 0.366 e. The number of nitriles is 1. The van der Waals surface area contributed by atoms with E-state index in [1.54, 1.807) is 12.1 Å². The molecule has 1 rings (SSSR count). The van der Waals surface area contributed by atoms with E-state index in [0.29, 0.717) is 12.1 Å². The van der Waals surface area contributed by atoms with Gasteiger partial charge in [-0.15, -0.1) is 0 Å². The zero-order chi connectivity index (χ0) is 10.6. The van der Waals surface area contributed by atoms with Crippen LogP contribution in [0.15, 0.2) is 24.3 Å². The molecule has 3 nitrogen and oxygen atoms in total. The van der Waals surface area contributed by atoms with Crippen molar-refractivity contribution in [3.8, 4) is 6.07 Å². The quantitative estimate of drug-likeness (QED) is 0.738. The van der Waals surface area contributed by atoms with E-state index in [1.165, 1.54) is 0 Å². The summed E-state index contributed by atoms with van der Waals surface area (Å²) >= 11 is 0. The molecule has 0 aliphatic rings. The Morgan fingerprint density at radius 1 is 1.64 bits per heavy atom. The molecule has 0 saturated carbocycles. The van der Waals surface area contributed by atoms with Crippen molar-refractivity contribution in [1.29, 1.82) is 5.26 Å². The summed E-state index contributed by atoms with van der Waals surface area (Å²) in [4.78, 5) is 4.24. The number of hydrogen-bond acceptors (Lipinski definition) is 3. The summed E-state index contributed by atoms with van der Waals surface area (Å²) < 4.78 is 0. The molecule has 0 aromatic carbocycles. The minimum Gasteiger partial charge on any atom is -0.366 e. The molecule has 1 aromatic heterocycles. The van der Waals surface area contributed by atoms with Crippen LogP contribution in [0, 0.1) is 18.3 Å². The SMILES string of the molecule is C=C(C)CNc1ccc(C#N)c(C)n1. The second kappa shape index (κ2) is 4.43. The van der Waals surface area contributed by atoms with Gasteiger partial charge in [-0.1, -0.05) is 12.2 Å². The summed E-state index contributed by atoms with van der Waals surface area (Å²) in [6.45, 7) is 8.26. The van der Waals surface area contributed by atoms with Crippen LogP contribution in [0.2, 0.25) is 0 Å². The van der Waals surface area contributed by atoms with Crippen LogP contribution in [0.5, 0.6) is 0 Å². The van der Waals surface area contributed by atoms with Gasteiger partial charge in [0.25, 0.3) is 0 Å². The highest BCUT2D eigenvalue weighted by Gasteiger charge is 1.99. The molecule has 0 aliphatic carbocycles. The lowest BCUT2D eigenvalue weighted by molar-refractivity contribution is 1.12. The van der Waals surface area contributed by atoms with Gasteiger partial charge in [-0.05, 0) is 26.0 Å². The Bertz CT molecular complexity index is 388. The highest BCUT2D eigenvalue weighted by molar-refractivity contribution is 5.43. The lowest BCUT2D eigenvalue weighted by Gasteiger charge is -2.05. The predicted molar refractivity (Wildman–Crippen MR) is 57.0 cm³/mol. The van der Waals surface area contributed by atoms with Gasteiger partial charge in [0.05, 0.1) is 11.3 Å². The van der Waals surface area contributed by atoms with Gasteiger partial charge in [0.15, 0.2) is 0 Å². The van der Waals surface area contributed by atoms with Gasteiger partial charge in [-0.25, -0.2) is 4.98 Å². The number of nitrogens with zero attached hydrogens (tertiary/aromatic N) is 2. The van der Waals surface area contributed by atoms with Crippen LogP contribution in [0.1, 0.15) is 18.2 Å². The Hall–Kier alpha value is -1.82. The molecular formula is C11H13N3. The number of pyridine rings is 1. The minimum absolute atomic E-state index is 0.617. The zero-order valence-electron chi connectivity index (χ0n) is 8.46. The summed E-state index contributed by atoms with van der Waals surface area (Å²) in [5, 5.41) is 11.8. The fourth-order valence-electron chi connectivity index (χ4n) is 1.02. The third kappa shape index (κ3) is 2.60. The number of anilines is 1. The molecule has 1 aromatic rings. The van der Waals surface area contributed by atoms with E-state index >= 15 is 0 Å². The number of nitrogens with one attached hydrogen (secondary N) is 1. The fraction of sp³-hybridized carbons (Fsp3) is 0.273. The van der Waals surface area contributed by atoms with Crippen LogP contribution in [0.25, 0.3) is 0 Å². The second-order valence-corrected chi connectivity index (χ2v) is 3.25.